The largest absolute Gasteiger partial charge is 0.508 e. The second-order valence-electron chi connectivity index (χ2n) is 4.35. The molecule has 1 heterocycles. The molecule has 2 rings (SSSR count). The van der Waals surface area contributed by atoms with Gasteiger partial charge in [0.05, 0.1) is 18.3 Å². The van der Waals surface area contributed by atoms with Gasteiger partial charge in [0.2, 0.25) is 0 Å². The molecule has 1 unspecified atom stereocenters. The third-order valence-electron chi connectivity index (χ3n) is 3.09. The van der Waals surface area contributed by atoms with Crippen molar-refractivity contribution in [2.75, 3.05) is 19.7 Å². The maximum absolute atomic E-state index is 12.2. The first-order chi connectivity index (χ1) is 8.61. The van der Waals surface area contributed by atoms with Gasteiger partial charge in [0, 0.05) is 13.1 Å². The van der Waals surface area contributed by atoms with Gasteiger partial charge in [-0.15, -0.1) is 0 Å². The van der Waals surface area contributed by atoms with Crippen LogP contribution in [-0.4, -0.2) is 46.8 Å². The number of nitrogens with zero attached hydrogens (tertiary/aromatic N) is 1. The number of benzene rings is 1. The summed E-state index contributed by atoms with van der Waals surface area (Å²) in [6.07, 6.45) is 0.887. The zero-order chi connectivity index (χ0) is 13.1. The maximum Gasteiger partial charge on any atom is 0.257 e. The van der Waals surface area contributed by atoms with Crippen LogP contribution in [0.5, 0.6) is 11.5 Å². The summed E-state index contributed by atoms with van der Waals surface area (Å²) in [5.74, 6) is -0.418. The van der Waals surface area contributed by atoms with Crippen LogP contribution in [0.4, 0.5) is 0 Å². The fourth-order valence-electron chi connectivity index (χ4n) is 2.02. The third kappa shape index (κ3) is 2.56. The van der Waals surface area contributed by atoms with Crippen molar-refractivity contribution in [3.63, 3.8) is 0 Å². The van der Waals surface area contributed by atoms with Crippen LogP contribution >= 0.6 is 0 Å². The first-order valence-electron chi connectivity index (χ1n) is 6.04. The van der Waals surface area contributed by atoms with E-state index in [1.54, 1.807) is 4.90 Å². The molecule has 0 aromatic heterocycles. The van der Waals surface area contributed by atoms with Gasteiger partial charge in [0.25, 0.3) is 5.91 Å². The van der Waals surface area contributed by atoms with Gasteiger partial charge in [-0.2, -0.15) is 0 Å². The van der Waals surface area contributed by atoms with Crippen molar-refractivity contribution in [2.24, 2.45) is 0 Å². The number of ether oxygens (including phenoxy) is 1. The van der Waals surface area contributed by atoms with Crippen LogP contribution in [0.2, 0.25) is 0 Å². The van der Waals surface area contributed by atoms with Crippen molar-refractivity contribution < 1.29 is 19.7 Å². The number of phenolic OH excluding ortho intramolecular Hbond substituents is 2. The van der Waals surface area contributed by atoms with Crippen molar-refractivity contribution in [3.8, 4) is 11.5 Å². The Bertz CT molecular complexity index is 447. The molecule has 2 N–H and O–H groups in total. The van der Waals surface area contributed by atoms with E-state index in [4.69, 9.17) is 4.74 Å². The number of rotatable bonds is 2. The van der Waals surface area contributed by atoms with E-state index in [9.17, 15) is 15.0 Å². The monoisotopic (exact) mass is 251 g/mol. The Hall–Kier alpha value is -1.75. The molecule has 0 radical (unpaired) electrons. The molecular weight excluding hydrogens is 234 g/mol. The minimum Gasteiger partial charge on any atom is -0.508 e. The van der Waals surface area contributed by atoms with E-state index in [0.717, 1.165) is 6.42 Å². The normalized spacial score (nSPS) is 19.8. The lowest BCUT2D eigenvalue weighted by atomic mass is 10.1. The topological polar surface area (TPSA) is 70.0 Å². The van der Waals surface area contributed by atoms with Crippen LogP contribution in [0.1, 0.15) is 23.7 Å². The first kappa shape index (κ1) is 12.7. The summed E-state index contributed by atoms with van der Waals surface area (Å²) in [7, 11) is 0. The standard InChI is InChI=1S/C13H17NO4/c1-2-10-8-14(5-6-18-10)13(17)11-7-9(15)3-4-12(11)16/h3-4,7,10,15-16H,2,5-6,8H2,1H3. The predicted molar refractivity (Wildman–Crippen MR) is 65.7 cm³/mol. The molecule has 1 atom stereocenters. The maximum atomic E-state index is 12.2. The lowest BCUT2D eigenvalue weighted by Gasteiger charge is -2.32. The van der Waals surface area contributed by atoms with E-state index in [2.05, 4.69) is 0 Å². The number of aromatic hydroxyl groups is 2. The Morgan fingerprint density at radius 2 is 2.28 bits per heavy atom. The lowest BCUT2D eigenvalue weighted by Crippen LogP contribution is -2.45. The van der Waals surface area contributed by atoms with Gasteiger partial charge in [-0.25, -0.2) is 0 Å². The molecule has 5 heteroatoms. The fraction of sp³-hybridized carbons (Fsp3) is 0.462. The third-order valence-corrected chi connectivity index (χ3v) is 3.09. The number of carbonyl (C=O) groups excluding carboxylic acids is 1. The molecule has 5 nitrogen and oxygen atoms in total. The quantitative estimate of drug-likeness (QED) is 0.778. The Balaban J connectivity index is 2.17. The van der Waals surface area contributed by atoms with E-state index in [1.165, 1.54) is 18.2 Å². The highest BCUT2D eigenvalue weighted by Gasteiger charge is 2.25. The van der Waals surface area contributed by atoms with Gasteiger partial charge in [0.15, 0.2) is 0 Å². The van der Waals surface area contributed by atoms with Gasteiger partial charge < -0.3 is 19.8 Å². The Kier molecular flexibility index (Phi) is 3.72. The number of carbonyl (C=O) groups is 1. The molecule has 1 aromatic carbocycles. The molecule has 98 valence electrons. The predicted octanol–water partition coefficient (Wildman–Crippen LogP) is 1.35. The van der Waals surface area contributed by atoms with Crippen molar-refractivity contribution in [3.05, 3.63) is 23.8 Å². The second kappa shape index (κ2) is 5.27. The first-order valence-corrected chi connectivity index (χ1v) is 6.04. The minimum atomic E-state index is -0.273. The summed E-state index contributed by atoms with van der Waals surface area (Å²) in [5, 5.41) is 19.0. The summed E-state index contributed by atoms with van der Waals surface area (Å²) in [4.78, 5) is 13.9. The smallest absolute Gasteiger partial charge is 0.257 e. The van der Waals surface area contributed by atoms with E-state index in [-0.39, 0.29) is 29.1 Å². The molecule has 1 aliphatic rings. The van der Waals surface area contributed by atoms with Crippen LogP contribution in [0.15, 0.2) is 18.2 Å². The van der Waals surface area contributed by atoms with Crippen LogP contribution < -0.4 is 0 Å². The molecule has 1 amide bonds. The molecule has 0 saturated carbocycles. The number of amides is 1. The molecular formula is C13H17NO4. The number of hydrogen-bond donors (Lipinski definition) is 2. The minimum absolute atomic E-state index is 0.0311. The Labute approximate surface area is 106 Å². The van der Waals surface area contributed by atoms with Gasteiger partial charge >= 0.3 is 0 Å². The van der Waals surface area contributed by atoms with Crippen molar-refractivity contribution in [1.29, 1.82) is 0 Å². The summed E-state index contributed by atoms with van der Waals surface area (Å²) in [6, 6.07) is 3.95. The number of hydrogen-bond acceptors (Lipinski definition) is 4. The lowest BCUT2D eigenvalue weighted by molar-refractivity contribution is -0.0227. The van der Waals surface area contributed by atoms with Gasteiger partial charge in [-0.1, -0.05) is 6.92 Å². The Morgan fingerprint density at radius 1 is 1.50 bits per heavy atom. The molecule has 0 bridgehead atoms. The van der Waals surface area contributed by atoms with E-state index in [1.807, 2.05) is 6.92 Å². The van der Waals surface area contributed by atoms with Crippen LogP contribution in [-0.2, 0) is 4.74 Å². The van der Waals surface area contributed by atoms with Crippen molar-refractivity contribution in [2.45, 2.75) is 19.4 Å². The Morgan fingerprint density at radius 3 is 3.00 bits per heavy atom. The zero-order valence-corrected chi connectivity index (χ0v) is 10.3. The van der Waals surface area contributed by atoms with Crippen molar-refractivity contribution >= 4 is 5.91 Å². The molecule has 1 aromatic rings. The van der Waals surface area contributed by atoms with Crippen molar-refractivity contribution in [1.82, 2.24) is 4.90 Å². The van der Waals surface area contributed by atoms with E-state index < -0.39 is 0 Å². The van der Waals surface area contributed by atoms with Crippen LogP contribution in [0, 0.1) is 0 Å². The SMILES string of the molecule is CCC1CN(C(=O)c2cc(O)ccc2O)CCO1. The summed E-state index contributed by atoms with van der Waals surface area (Å²) >= 11 is 0. The van der Waals surface area contributed by atoms with Gasteiger partial charge in [-0.3, -0.25) is 4.79 Å². The van der Waals surface area contributed by atoms with Crippen LogP contribution in [0.25, 0.3) is 0 Å². The summed E-state index contributed by atoms with van der Waals surface area (Å²) in [5.41, 5.74) is 0.131. The molecule has 18 heavy (non-hydrogen) atoms. The van der Waals surface area contributed by atoms with Gasteiger partial charge in [0.1, 0.15) is 11.5 Å². The summed E-state index contributed by atoms with van der Waals surface area (Å²) < 4.78 is 5.49. The number of phenols is 2. The second-order valence-corrected chi connectivity index (χ2v) is 4.35. The van der Waals surface area contributed by atoms with Gasteiger partial charge in [-0.05, 0) is 24.6 Å². The van der Waals surface area contributed by atoms with E-state index >= 15 is 0 Å². The highest BCUT2D eigenvalue weighted by molar-refractivity contribution is 5.97. The number of morpholine rings is 1. The molecule has 1 saturated heterocycles. The average molecular weight is 251 g/mol. The highest BCUT2D eigenvalue weighted by atomic mass is 16.5. The van der Waals surface area contributed by atoms with E-state index in [0.29, 0.717) is 19.7 Å². The highest BCUT2D eigenvalue weighted by Crippen LogP contribution is 2.24. The summed E-state index contributed by atoms with van der Waals surface area (Å²) in [6.45, 7) is 3.53. The van der Waals surface area contributed by atoms with Crippen LogP contribution in [0.3, 0.4) is 0 Å². The fourth-order valence-corrected chi connectivity index (χ4v) is 2.02. The molecule has 1 fully saturated rings. The molecule has 1 aliphatic heterocycles. The zero-order valence-electron chi connectivity index (χ0n) is 10.3. The average Bonchev–Trinajstić information content (AvgIpc) is 2.41. The molecule has 0 spiro atoms. The molecule has 0 aliphatic carbocycles.